The fourth-order valence-corrected chi connectivity index (χ4v) is 4.15. The van der Waals surface area contributed by atoms with Gasteiger partial charge in [-0.05, 0) is 30.5 Å². The van der Waals surface area contributed by atoms with Crippen molar-refractivity contribution in [2.45, 2.75) is 32.4 Å². The van der Waals surface area contributed by atoms with Gasteiger partial charge in [-0.3, -0.25) is 4.79 Å². The first-order valence-corrected chi connectivity index (χ1v) is 12.9. The number of aliphatic carboxylic acids is 1. The topological polar surface area (TPSA) is 204 Å². The number of aryl methyl sites for hydroxylation is 1. The van der Waals surface area contributed by atoms with E-state index < -0.39 is 42.1 Å². The number of carboxylic acids is 1. The molecule has 6 N–H and O–H groups in total. The van der Waals surface area contributed by atoms with Crippen LogP contribution >= 0.6 is 0 Å². The van der Waals surface area contributed by atoms with Crippen LogP contribution in [0.2, 0.25) is 0 Å². The molecule has 2 aromatic heterocycles. The number of nitrogens with zero attached hydrogens (tertiary/aromatic N) is 3. The molecule has 0 radical (unpaired) electrons. The van der Waals surface area contributed by atoms with Gasteiger partial charge in [0, 0.05) is 19.5 Å². The summed E-state index contributed by atoms with van der Waals surface area (Å²) >= 11 is 0. The molecule has 2 aromatic carbocycles. The second-order valence-corrected chi connectivity index (χ2v) is 9.24. The molecule has 0 saturated heterocycles. The zero-order chi connectivity index (χ0) is 30.2. The molecular formula is C27H31N7O8. The number of nitrogens with one attached hydrogen (secondary N) is 4. The van der Waals surface area contributed by atoms with Crippen LogP contribution in [0, 0.1) is 0 Å². The maximum Gasteiger partial charge on any atom is 0.408 e. The first-order chi connectivity index (χ1) is 20.2. The van der Waals surface area contributed by atoms with E-state index in [4.69, 9.17) is 9.47 Å². The van der Waals surface area contributed by atoms with Crippen LogP contribution in [0.3, 0.4) is 0 Å². The Morgan fingerprint density at radius 2 is 1.90 bits per heavy atom. The maximum atomic E-state index is 12.7. The van der Waals surface area contributed by atoms with E-state index in [0.717, 1.165) is 23.0 Å². The molecule has 222 valence electrons. The lowest BCUT2D eigenvalue weighted by atomic mass is 10.2. The van der Waals surface area contributed by atoms with Crippen molar-refractivity contribution in [3.63, 3.8) is 0 Å². The number of hydrogen-bond donors (Lipinski definition) is 6. The Kier molecular flexibility index (Phi) is 9.31. The summed E-state index contributed by atoms with van der Waals surface area (Å²) in [6.45, 7) is 0.763. The number of aromatic amines is 2. The number of carbonyl (C=O) groups is 3. The van der Waals surface area contributed by atoms with Crippen molar-refractivity contribution in [1.29, 1.82) is 0 Å². The number of methoxy groups -OCH3 is 1. The summed E-state index contributed by atoms with van der Waals surface area (Å²) in [4.78, 5) is 59.3. The molecule has 0 saturated carbocycles. The molecule has 0 spiro atoms. The van der Waals surface area contributed by atoms with Gasteiger partial charge in [-0.15, -0.1) is 0 Å². The quantitative estimate of drug-likeness (QED) is 0.126. The Bertz CT molecular complexity index is 1610. The Hall–Kier alpha value is -5.47. The third kappa shape index (κ3) is 7.18. The van der Waals surface area contributed by atoms with Crippen LogP contribution in [-0.2, 0) is 27.4 Å². The van der Waals surface area contributed by atoms with Gasteiger partial charge >= 0.3 is 17.8 Å². The number of anilines is 1. The Morgan fingerprint density at radius 1 is 1.14 bits per heavy atom. The lowest BCUT2D eigenvalue weighted by molar-refractivity contribution is -0.139. The molecule has 0 aliphatic carbocycles. The number of carboxylic acid groups (broad SMARTS) is 1. The van der Waals surface area contributed by atoms with E-state index in [-0.39, 0.29) is 18.7 Å². The van der Waals surface area contributed by atoms with Gasteiger partial charge in [0.2, 0.25) is 17.7 Å². The highest BCUT2D eigenvalue weighted by Gasteiger charge is 2.29. The van der Waals surface area contributed by atoms with Crippen LogP contribution in [0.25, 0.3) is 11.0 Å². The number of rotatable bonds is 13. The predicted molar refractivity (Wildman–Crippen MR) is 151 cm³/mol. The molecule has 0 fully saturated rings. The van der Waals surface area contributed by atoms with E-state index in [9.17, 15) is 29.4 Å². The molecule has 1 atom stereocenters. The second kappa shape index (κ2) is 13.3. The third-order valence-corrected chi connectivity index (χ3v) is 6.27. The van der Waals surface area contributed by atoms with E-state index in [0.29, 0.717) is 34.9 Å². The fourth-order valence-electron chi connectivity index (χ4n) is 4.15. The molecule has 0 aliphatic heterocycles. The van der Waals surface area contributed by atoms with Gasteiger partial charge in [0.1, 0.15) is 18.4 Å². The fraction of sp³-hybridized carbons (Fsp3) is 0.296. The highest BCUT2D eigenvalue weighted by Crippen LogP contribution is 2.21. The maximum absolute atomic E-state index is 12.7. The number of carbonyl (C=O) groups excluding carboxylic acids is 2. The summed E-state index contributed by atoms with van der Waals surface area (Å²) < 4.78 is 10.9. The number of aromatic hydroxyl groups is 1. The number of ether oxygens (including phenoxy) is 2. The first-order valence-electron chi connectivity index (χ1n) is 12.9. The summed E-state index contributed by atoms with van der Waals surface area (Å²) in [5.74, 6) is -1.55. The van der Waals surface area contributed by atoms with Crippen molar-refractivity contribution in [2.24, 2.45) is 0 Å². The highest BCUT2D eigenvalue weighted by atomic mass is 16.5. The largest absolute Gasteiger partial charge is 0.497 e. The SMILES string of the molecule is COc1ccc2nc(NCCCc3[nH]c(=O)n(N(C[C@H](NC(=O)OCc4ccccc4)C(=O)O)C(C)=O)c3O)[nH]c2c1. The minimum Gasteiger partial charge on any atom is -0.497 e. The van der Waals surface area contributed by atoms with Crippen molar-refractivity contribution < 1.29 is 34.1 Å². The summed E-state index contributed by atoms with van der Waals surface area (Å²) in [6, 6.07) is 12.6. The van der Waals surface area contributed by atoms with E-state index in [1.54, 1.807) is 43.5 Å². The molecule has 15 nitrogen and oxygen atoms in total. The van der Waals surface area contributed by atoms with E-state index in [1.165, 1.54) is 0 Å². The highest BCUT2D eigenvalue weighted by molar-refractivity contribution is 5.86. The van der Waals surface area contributed by atoms with Gasteiger partial charge in [0.25, 0.3) is 0 Å². The lowest BCUT2D eigenvalue weighted by Crippen LogP contribution is -2.55. The van der Waals surface area contributed by atoms with Crippen LogP contribution in [0.15, 0.2) is 53.3 Å². The van der Waals surface area contributed by atoms with Gasteiger partial charge < -0.3 is 40.3 Å². The Balaban J connectivity index is 1.37. The van der Waals surface area contributed by atoms with Gasteiger partial charge in [0.05, 0.1) is 30.4 Å². The molecule has 4 aromatic rings. The molecule has 42 heavy (non-hydrogen) atoms. The average molecular weight is 582 g/mol. The van der Waals surface area contributed by atoms with Crippen LogP contribution in [-0.4, -0.2) is 74.1 Å². The average Bonchev–Trinajstić information content (AvgIpc) is 3.50. The first kappa shape index (κ1) is 29.5. The van der Waals surface area contributed by atoms with Crippen molar-refractivity contribution >= 4 is 35.0 Å². The second-order valence-electron chi connectivity index (χ2n) is 9.24. The summed E-state index contributed by atoms with van der Waals surface area (Å²) in [5, 5.41) is 26.5. The number of imidazole rings is 2. The molecule has 0 bridgehead atoms. The number of benzene rings is 2. The van der Waals surface area contributed by atoms with Crippen molar-refractivity contribution in [3.8, 4) is 11.6 Å². The number of amides is 2. The van der Waals surface area contributed by atoms with Crippen molar-refractivity contribution in [1.82, 2.24) is 24.9 Å². The van der Waals surface area contributed by atoms with Crippen molar-refractivity contribution in [3.05, 3.63) is 70.3 Å². The normalized spacial score (nSPS) is 11.6. The van der Waals surface area contributed by atoms with Crippen LogP contribution in [0.5, 0.6) is 11.6 Å². The summed E-state index contributed by atoms with van der Waals surface area (Å²) in [7, 11) is 1.57. The molecule has 0 unspecified atom stereocenters. The summed E-state index contributed by atoms with van der Waals surface area (Å²) in [5.41, 5.74) is 1.52. The van der Waals surface area contributed by atoms with Crippen LogP contribution < -0.4 is 26.1 Å². The van der Waals surface area contributed by atoms with E-state index >= 15 is 0 Å². The third-order valence-electron chi connectivity index (χ3n) is 6.27. The smallest absolute Gasteiger partial charge is 0.408 e. The standard InChI is InChI=1S/C27H31N7O8/c1-16(35)33(14-22(24(37)38)32-27(40)42-15-17-7-4-3-5-8-17)34-23(36)20(31-26(34)39)9-6-12-28-25-29-19-11-10-18(41-2)13-21(19)30-25/h3-5,7-8,10-11,13,22,36H,6,9,12,14-15H2,1-2H3,(H,31,39)(H,32,40)(H,37,38)(H2,28,29,30)/t22-/m0/s1. The number of aromatic nitrogens is 4. The molecule has 0 aliphatic rings. The monoisotopic (exact) mass is 581 g/mol. The van der Waals surface area contributed by atoms with E-state index in [1.807, 2.05) is 12.1 Å². The number of fused-ring (bicyclic) bond motifs is 1. The van der Waals surface area contributed by atoms with Crippen molar-refractivity contribution in [2.75, 3.05) is 30.5 Å². The van der Waals surface area contributed by atoms with Crippen LogP contribution in [0.1, 0.15) is 24.6 Å². The molecule has 2 amide bonds. The Morgan fingerprint density at radius 3 is 2.60 bits per heavy atom. The van der Waals surface area contributed by atoms with E-state index in [2.05, 4.69) is 25.6 Å². The number of hydrogen-bond acceptors (Lipinski definition) is 9. The lowest BCUT2D eigenvalue weighted by Gasteiger charge is -2.25. The number of H-pyrrole nitrogens is 2. The zero-order valence-electron chi connectivity index (χ0n) is 22.9. The summed E-state index contributed by atoms with van der Waals surface area (Å²) in [6.07, 6.45) is -0.356. The Labute approximate surface area is 239 Å². The number of alkyl carbamates (subject to hydrolysis) is 1. The molecule has 4 rings (SSSR count). The molecule has 2 heterocycles. The molecule has 15 heteroatoms. The van der Waals surface area contributed by atoms with Gasteiger partial charge in [0.15, 0.2) is 0 Å². The minimum atomic E-state index is -1.64. The van der Waals surface area contributed by atoms with Gasteiger partial charge in [-0.1, -0.05) is 30.3 Å². The van der Waals surface area contributed by atoms with Gasteiger partial charge in [-0.25, -0.2) is 24.4 Å². The zero-order valence-corrected chi connectivity index (χ0v) is 22.9. The minimum absolute atomic E-state index is 0.100. The van der Waals surface area contributed by atoms with Crippen LogP contribution in [0.4, 0.5) is 10.7 Å². The molecular weight excluding hydrogens is 550 g/mol. The van der Waals surface area contributed by atoms with Gasteiger partial charge in [-0.2, -0.15) is 4.68 Å². The predicted octanol–water partition coefficient (Wildman–Crippen LogP) is 1.68.